The van der Waals surface area contributed by atoms with E-state index in [1.54, 1.807) is 17.3 Å². The predicted octanol–water partition coefficient (Wildman–Crippen LogP) is 3.89. The van der Waals surface area contributed by atoms with E-state index in [1.165, 1.54) is 22.1 Å². The number of hydrogen-bond acceptors (Lipinski definition) is 6. The second kappa shape index (κ2) is 7.88. The molecular formula is C19H20F3N5O2S. The summed E-state index contributed by atoms with van der Waals surface area (Å²) >= 11 is 1.24. The number of nitrogens with zero attached hydrogens (tertiary/aromatic N) is 4. The minimum absolute atomic E-state index is 0.00977. The number of carbonyl (C=O) groups is 1. The van der Waals surface area contributed by atoms with Crippen LogP contribution in [0, 0.1) is 0 Å². The first-order valence-electron chi connectivity index (χ1n) is 9.38. The minimum Gasteiger partial charge on any atom is -0.372 e. The van der Waals surface area contributed by atoms with Gasteiger partial charge in [-0.05, 0) is 32.0 Å². The van der Waals surface area contributed by atoms with Gasteiger partial charge in [-0.2, -0.15) is 18.3 Å². The molecule has 1 amide bonds. The molecular weight excluding hydrogens is 419 g/mol. The van der Waals surface area contributed by atoms with Gasteiger partial charge in [0.25, 0.3) is 0 Å². The van der Waals surface area contributed by atoms with Crippen LogP contribution in [0.2, 0.25) is 0 Å². The van der Waals surface area contributed by atoms with E-state index in [0.29, 0.717) is 28.6 Å². The Morgan fingerprint density at radius 3 is 2.73 bits per heavy atom. The lowest BCUT2D eigenvalue weighted by atomic mass is 10.2. The van der Waals surface area contributed by atoms with Crippen molar-refractivity contribution in [1.82, 2.24) is 19.7 Å². The molecule has 11 heteroatoms. The summed E-state index contributed by atoms with van der Waals surface area (Å²) in [6.45, 7) is 5.04. The van der Waals surface area contributed by atoms with Gasteiger partial charge < -0.3 is 15.0 Å². The third-order valence-corrected chi connectivity index (χ3v) is 5.62. The number of carbonyl (C=O) groups excluding carboxylic acids is 1. The van der Waals surface area contributed by atoms with Gasteiger partial charge in [0.15, 0.2) is 5.13 Å². The first-order chi connectivity index (χ1) is 14.2. The van der Waals surface area contributed by atoms with Crippen molar-refractivity contribution >= 4 is 38.3 Å². The third-order valence-electron chi connectivity index (χ3n) is 4.67. The van der Waals surface area contributed by atoms with E-state index in [0.717, 1.165) is 12.1 Å². The van der Waals surface area contributed by atoms with Crippen LogP contribution >= 0.6 is 11.3 Å². The first-order valence-corrected chi connectivity index (χ1v) is 10.2. The van der Waals surface area contributed by atoms with E-state index in [2.05, 4.69) is 15.4 Å². The van der Waals surface area contributed by atoms with E-state index in [4.69, 9.17) is 4.74 Å². The van der Waals surface area contributed by atoms with Crippen LogP contribution in [0.25, 0.3) is 10.2 Å². The van der Waals surface area contributed by atoms with Crippen molar-refractivity contribution in [3.63, 3.8) is 0 Å². The average molecular weight is 439 g/mol. The number of fused-ring (bicyclic) bond motifs is 1. The zero-order valence-corrected chi connectivity index (χ0v) is 17.1. The molecule has 4 rings (SSSR count). The van der Waals surface area contributed by atoms with Crippen molar-refractivity contribution in [2.75, 3.05) is 18.4 Å². The maximum absolute atomic E-state index is 12.9. The number of alkyl halides is 3. The highest BCUT2D eigenvalue weighted by Gasteiger charge is 2.31. The van der Waals surface area contributed by atoms with Crippen molar-refractivity contribution in [2.45, 2.75) is 38.8 Å². The molecule has 1 saturated heterocycles. The molecule has 1 aliphatic heterocycles. The van der Waals surface area contributed by atoms with Crippen LogP contribution < -0.4 is 5.32 Å². The summed E-state index contributed by atoms with van der Waals surface area (Å²) in [5.74, 6) is -0.0497. The number of benzene rings is 1. The van der Waals surface area contributed by atoms with Crippen LogP contribution in [0.4, 0.5) is 24.0 Å². The summed E-state index contributed by atoms with van der Waals surface area (Å²) in [7, 11) is 0. The highest BCUT2D eigenvalue weighted by atomic mass is 32.1. The highest BCUT2D eigenvalue weighted by molar-refractivity contribution is 7.22. The standard InChI is InChI=1S/C19H20F3N5O2S/c1-11-7-26(8-12(2)29-11)17(28)10-27-9-14(6-23-27)24-18-25-15-5-13(19(20,21)22)3-4-16(15)30-18/h3-6,9,11-12H,7-8,10H2,1-2H3,(H,24,25). The Hall–Kier alpha value is -2.66. The molecule has 0 spiro atoms. The van der Waals surface area contributed by atoms with E-state index < -0.39 is 11.7 Å². The Morgan fingerprint density at radius 2 is 2.03 bits per heavy atom. The molecule has 0 bridgehead atoms. The first kappa shape index (κ1) is 20.6. The van der Waals surface area contributed by atoms with Crippen molar-refractivity contribution in [2.24, 2.45) is 0 Å². The van der Waals surface area contributed by atoms with Gasteiger partial charge in [0.05, 0.1) is 39.9 Å². The molecule has 2 atom stereocenters. The third kappa shape index (κ3) is 4.57. The second-order valence-electron chi connectivity index (χ2n) is 7.31. The van der Waals surface area contributed by atoms with Crippen LogP contribution in [0.3, 0.4) is 0 Å². The summed E-state index contributed by atoms with van der Waals surface area (Å²) in [4.78, 5) is 18.5. The molecule has 30 heavy (non-hydrogen) atoms. The molecule has 160 valence electrons. The largest absolute Gasteiger partial charge is 0.416 e. The summed E-state index contributed by atoms with van der Waals surface area (Å²) in [6.07, 6.45) is -1.22. The molecule has 3 heterocycles. The van der Waals surface area contributed by atoms with Crippen molar-refractivity contribution in [3.05, 3.63) is 36.2 Å². The Morgan fingerprint density at radius 1 is 1.30 bits per heavy atom. The fraction of sp³-hybridized carbons (Fsp3) is 0.421. The maximum Gasteiger partial charge on any atom is 0.416 e. The number of thiazole rings is 1. The van der Waals surface area contributed by atoms with Crippen molar-refractivity contribution in [1.29, 1.82) is 0 Å². The van der Waals surface area contributed by atoms with E-state index in [-0.39, 0.29) is 30.2 Å². The predicted molar refractivity (Wildman–Crippen MR) is 107 cm³/mol. The smallest absolute Gasteiger partial charge is 0.372 e. The van der Waals surface area contributed by atoms with E-state index >= 15 is 0 Å². The summed E-state index contributed by atoms with van der Waals surface area (Å²) in [5, 5.41) is 7.68. The Balaban J connectivity index is 1.42. The van der Waals surface area contributed by atoms with Gasteiger partial charge in [0.2, 0.25) is 5.91 Å². The highest BCUT2D eigenvalue weighted by Crippen LogP contribution is 2.34. The number of aromatic nitrogens is 3. The summed E-state index contributed by atoms with van der Waals surface area (Å²) in [6, 6.07) is 3.48. The van der Waals surface area contributed by atoms with Gasteiger partial charge in [0.1, 0.15) is 6.54 Å². The van der Waals surface area contributed by atoms with Gasteiger partial charge in [0, 0.05) is 19.3 Å². The molecule has 1 aliphatic rings. The SMILES string of the molecule is CC1CN(C(=O)Cn2cc(Nc3nc4cc(C(F)(F)F)ccc4s3)cn2)CC(C)O1. The van der Waals surface area contributed by atoms with E-state index in [1.807, 2.05) is 13.8 Å². The molecule has 0 radical (unpaired) electrons. The molecule has 2 unspecified atom stereocenters. The molecule has 3 aromatic rings. The molecule has 1 N–H and O–H groups in total. The van der Waals surface area contributed by atoms with Gasteiger partial charge >= 0.3 is 6.18 Å². The lowest BCUT2D eigenvalue weighted by Crippen LogP contribution is -2.49. The molecule has 0 saturated carbocycles. The van der Waals surface area contributed by atoms with Crippen molar-refractivity contribution in [3.8, 4) is 0 Å². The average Bonchev–Trinajstić information content (AvgIpc) is 3.25. The van der Waals surface area contributed by atoms with Crippen molar-refractivity contribution < 1.29 is 22.7 Å². The fourth-order valence-electron chi connectivity index (χ4n) is 3.42. The number of amides is 1. The lowest BCUT2D eigenvalue weighted by Gasteiger charge is -2.35. The van der Waals surface area contributed by atoms with Crippen LogP contribution in [0.5, 0.6) is 0 Å². The fourth-order valence-corrected chi connectivity index (χ4v) is 4.28. The number of ether oxygens (including phenoxy) is 1. The molecule has 2 aromatic heterocycles. The van der Waals surface area contributed by atoms with Crippen LogP contribution in [0.15, 0.2) is 30.6 Å². The number of halogens is 3. The topological polar surface area (TPSA) is 72.3 Å². The zero-order chi connectivity index (χ0) is 21.5. The Bertz CT molecular complexity index is 1050. The molecule has 7 nitrogen and oxygen atoms in total. The van der Waals surface area contributed by atoms with Gasteiger partial charge in [-0.1, -0.05) is 11.3 Å². The van der Waals surface area contributed by atoms with Gasteiger partial charge in [-0.3, -0.25) is 9.48 Å². The number of anilines is 2. The Kier molecular flexibility index (Phi) is 5.41. The second-order valence-corrected chi connectivity index (χ2v) is 8.34. The number of nitrogens with one attached hydrogen (secondary N) is 1. The zero-order valence-electron chi connectivity index (χ0n) is 16.3. The molecule has 1 aromatic carbocycles. The van der Waals surface area contributed by atoms with Gasteiger partial charge in [-0.25, -0.2) is 4.98 Å². The molecule has 0 aliphatic carbocycles. The van der Waals surface area contributed by atoms with Crippen LogP contribution in [-0.4, -0.2) is 50.9 Å². The summed E-state index contributed by atoms with van der Waals surface area (Å²) < 4.78 is 46.4. The number of morpholine rings is 1. The van der Waals surface area contributed by atoms with Gasteiger partial charge in [-0.15, -0.1) is 0 Å². The quantitative estimate of drug-likeness (QED) is 0.668. The number of hydrogen-bond donors (Lipinski definition) is 1. The molecule has 1 fully saturated rings. The number of rotatable bonds is 4. The minimum atomic E-state index is -4.41. The summed E-state index contributed by atoms with van der Waals surface area (Å²) in [5.41, 5.74) is 0.141. The lowest BCUT2D eigenvalue weighted by molar-refractivity contribution is -0.144. The van der Waals surface area contributed by atoms with Crippen LogP contribution in [-0.2, 0) is 22.3 Å². The Labute approximate surface area is 174 Å². The normalized spacial score (nSPS) is 20.0. The van der Waals surface area contributed by atoms with E-state index in [9.17, 15) is 18.0 Å². The monoisotopic (exact) mass is 439 g/mol. The maximum atomic E-state index is 12.9. The van der Waals surface area contributed by atoms with Crippen LogP contribution in [0.1, 0.15) is 19.4 Å².